The lowest BCUT2D eigenvalue weighted by atomic mass is 10.0. The van der Waals surface area contributed by atoms with E-state index >= 15 is 0 Å². The Morgan fingerprint density at radius 3 is 2.05 bits per heavy atom. The summed E-state index contributed by atoms with van der Waals surface area (Å²) >= 11 is 0. The highest BCUT2D eigenvalue weighted by atomic mass is 32.3. The molecule has 2 aromatic rings. The zero-order chi connectivity index (χ0) is 16.2. The Hall–Kier alpha value is -1.88. The fraction of sp³-hybridized carbons (Fsp3) is 0.294. The van der Waals surface area contributed by atoms with Gasteiger partial charge in [-0.3, -0.25) is 0 Å². The lowest BCUT2D eigenvalue weighted by molar-refractivity contribution is 0.552. The molecule has 22 heavy (non-hydrogen) atoms. The van der Waals surface area contributed by atoms with Gasteiger partial charge in [-0.2, -0.15) is 8.42 Å². The first kappa shape index (κ1) is 16.5. The molecule has 0 aliphatic carbocycles. The van der Waals surface area contributed by atoms with Crippen molar-refractivity contribution in [2.45, 2.75) is 31.2 Å². The second-order valence-electron chi connectivity index (χ2n) is 5.05. The number of para-hydroxylation sites is 1. The molecule has 0 radical (unpaired) electrons. The van der Waals surface area contributed by atoms with Crippen molar-refractivity contribution in [2.24, 2.45) is 0 Å². The van der Waals surface area contributed by atoms with E-state index in [2.05, 4.69) is 18.7 Å². The lowest BCUT2D eigenvalue weighted by Gasteiger charge is -2.32. The third-order valence-corrected chi connectivity index (χ3v) is 4.57. The Labute approximate surface area is 131 Å². The maximum Gasteiger partial charge on any atom is 0.332 e. The number of hydrogen-bond acceptors (Lipinski definition) is 3. The predicted octanol–water partition coefficient (Wildman–Crippen LogP) is 4.32. The van der Waals surface area contributed by atoms with Crippen molar-refractivity contribution in [3.63, 3.8) is 0 Å². The fourth-order valence-corrected chi connectivity index (χ4v) is 3.15. The van der Waals surface area contributed by atoms with E-state index in [0.717, 1.165) is 24.2 Å². The summed E-state index contributed by atoms with van der Waals surface area (Å²) in [7, 11) is -4.64. The predicted molar refractivity (Wildman–Crippen MR) is 87.2 cm³/mol. The Kier molecular flexibility index (Phi) is 5.19. The minimum Gasteiger partial charge on any atom is -0.365 e. The van der Waals surface area contributed by atoms with Gasteiger partial charge in [0.2, 0.25) is 0 Å². The van der Waals surface area contributed by atoms with Gasteiger partial charge in [-0.15, -0.1) is 3.89 Å². The van der Waals surface area contributed by atoms with Crippen molar-refractivity contribution in [3.8, 4) is 0 Å². The Morgan fingerprint density at radius 1 is 1.00 bits per heavy atom. The van der Waals surface area contributed by atoms with Gasteiger partial charge in [-0.1, -0.05) is 37.3 Å². The van der Waals surface area contributed by atoms with Crippen molar-refractivity contribution < 1.29 is 12.3 Å². The van der Waals surface area contributed by atoms with Gasteiger partial charge in [0.1, 0.15) is 0 Å². The molecule has 0 aliphatic rings. The molecule has 3 nitrogen and oxygen atoms in total. The van der Waals surface area contributed by atoms with E-state index in [4.69, 9.17) is 0 Å². The third kappa shape index (κ3) is 3.65. The number of halogens is 1. The van der Waals surface area contributed by atoms with Crippen LogP contribution in [0.5, 0.6) is 0 Å². The molecular weight excluding hydrogens is 301 g/mol. The molecule has 0 heterocycles. The number of rotatable bonds is 6. The monoisotopic (exact) mass is 321 g/mol. The molecule has 0 saturated carbocycles. The van der Waals surface area contributed by atoms with Crippen LogP contribution in [0.2, 0.25) is 0 Å². The van der Waals surface area contributed by atoms with Crippen molar-refractivity contribution in [1.82, 2.24) is 0 Å². The standard InChI is InChI=1S/C17H20FNO2S/c1-3-17(19(4-2)15-8-6-5-7-9-15)14-10-12-16(13-11-14)22(18,20)21/h5-13,17H,3-4H2,1-2H3. The average molecular weight is 321 g/mol. The Bertz CT molecular complexity index is 699. The van der Waals surface area contributed by atoms with Crippen molar-refractivity contribution >= 4 is 15.9 Å². The Balaban J connectivity index is 2.34. The van der Waals surface area contributed by atoms with Crippen LogP contribution in [0.15, 0.2) is 59.5 Å². The van der Waals surface area contributed by atoms with Gasteiger partial charge in [0.25, 0.3) is 0 Å². The van der Waals surface area contributed by atoms with Crippen LogP contribution >= 0.6 is 0 Å². The zero-order valence-corrected chi connectivity index (χ0v) is 13.6. The number of benzene rings is 2. The highest BCUT2D eigenvalue weighted by Gasteiger charge is 2.19. The molecule has 0 aromatic heterocycles. The molecule has 0 aliphatic heterocycles. The van der Waals surface area contributed by atoms with Crippen LogP contribution in [0.25, 0.3) is 0 Å². The van der Waals surface area contributed by atoms with Gasteiger partial charge in [-0.05, 0) is 43.2 Å². The van der Waals surface area contributed by atoms with E-state index in [9.17, 15) is 12.3 Å². The highest BCUT2D eigenvalue weighted by Crippen LogP contribution is 2.30. The molecule has 2 aromatic carbocycles. The maximum absolute atomic E-state index is 13.0. The largest absolute Gasteiger partial charge is 0.365 e. The van der Waals surface area contributed by atoms with Crippen molar-refractivity contribution in [2.75, 3.05) is 11.4 Å². The molecule has 0 amide bonds. The van der Waals surface area contributed by atoms with Crippen LogP contribution < -0.4 is 4.90 Å². The van der Waals surface area contributed by atoms with Crippen LogP contribution in [0.4, 0.5) is 9.57 Å². The van der Waals surface area contributed by atoms with Gasteiger partial charge in [0.05, 0.1) is 10.9 Å². The van der Waals surface area contributed by atoms with Crippen LogP contribution in [0.1, 0.15) is 31.9 Å². The van der Waals surface area contributed by atoms with E-state index in [1.807, 2.05) is 30.3 Å². The topological polar surface area (TPSA) is 37.4 Å². The van der Waals surface area contributed by atoms with E-state index < -0.39 is 10.2 Å². The fourth-order valence-electron chi connectivity index (χ4n) is 2.69. The molecule has 0 fully saturated rings. The Morgan fingerprint density at radius 2 is 1.59 bits per heavy atom. The highest BCUT2D eigenvalue weighted by molar-refractivity contribution is 7.86. The van der Waals surface area contributed by atoms with Crippen molar-refractivity contribution in [1.29, 1.82) is 0 Å². The first-order chi connectivity index (χ1) is 10.5. The number of hydrogen-bond donors (Lipinski definition) is 0. The normalized spacial score (nSPS) is 12.9. The van der Waals surface area contributed by atoms with Crippen LogP contribution in [0, 0.1) is 0 Å². The smallest absolute Gasteiger partial charge is 0.332 e. The van der Waals surface area contributed by atoms with Gasteiger partial charge in [-0.25, -0.2) is 0 Å². The van der Waals surface area contributed by atoms with Gasteiger partial charge in [0.15, 0.2) is 0 Å². The van der Waals surface area contributed by atoms with E-state index in [-0.39, 0.29) is 10.9 Å². The third-order valence-electron chi connectivity index (χ3n) is 3.74. The summed E-state index contributed by atoms with van der Waals surface area (Å²) in [5.41, 5.74) is 2.08. The van der Waals surface area contributed by atoms with Gasteiger partial charge >= 0.3 is 10.2 Å². The van der Waals surface area contributed by atoms with Gasteiger partial charge < -0.3 is 4.90 Å². The second-order valence-corrected chi connectivity index (χ2v) is 6.40. The first-order valence-corrected chi connectivity index (χ1v) is 8.72. The van der Waals surface area contributed by atoms with Crippen LogP contribution in [-0.4, -0.2) is 15.0 Å². The molecule has 0 N–H and O–H groups in total. The number of anilines is 1. The van der Waals surface area contributed by atoms with Crippen LogP contribution in [0.3, 0.4) is 0 Å². The molecule has 0 spiro atoms. The summed E-state index contributed by atoms with van der Waals surface area (Å²) in [4.78, 5) is 1.95. The van der Waals surface area contributed by atoms with E-state index in [1.165, 1.54) is 12.1 Å². The average Bonchev–Trinajstić information content (AvgIpc) is 2.52. The number of nitrogens with zero attached hydrogens (tertiary/aromatic N) is 1. The van der Waals surface area contributed by atoms with Crippen LogP contribution in [-0.2, 0) is 10.2 Å². The van der Waals surface area contributed by atoms with Gasteiger partial charge in [0, 0.05) is 12.2 Å². The molecule has 5 heteroatoms. The summed E-state index contributed by atoms with van der Waals surface area (Å²) in [6, 6.07) is 16.2. The molecular formula is C17H20FNO2S. The summed E-state index contributed by atoms with van der Waals surface area (Å²) in [5, 5.41) is 0. The minimum absolute atomic E-state index is 0.115. The zero-order valence-electron chi connectivity index (χ0n) is 12.7. The quantitative estimate of drug-likeness (QED) is 0.744. The molecule has 1 unspecified atom stereocenters. The maximum atomic E-state index is 13.0. The second kappa shape index (κ2) is 6.92. The molecule has 0 bridgehead atoms. The lowest BCUT2D eigenvalue weighted by Crippen LogP contribution is -2.28. The molecule has 1 atom stereocenters. The first-order valence-electron chi connectivity index (χ1n) is 7.33. The summed E-state index contributed by atoms with van der Waals surface area (Å²) in [6.07, 6.45) is 0.866. The van der Waals surface area contributed by atoms with E-state index in [1.54, 1.807) is 12.1 Å². The minimum atomic E-state index is -4.64. The molecule has 118 valence electrons. The molecule has 0 saturated heterocycles. The van der Waals surface area contributed by atoms with Crippen molar-refractivity contribution in [3.05, 3.63) is 60.2 Å². The summed E-state index contributed by atoms with van der Waals surface area (Å²) < 4.78 is 34.8. The summed E-state index contributed by atoms with van der Waals surface area (Å²) in [6.45, 7) is 4.98. The van der Waals surface area contributed by atoms with E-state index in [0.29, 0.717) is 0 Å². The molecule has 2 rings (SSSR count). The SMILES string of the molecule is CCC(c1ccc(S(=O)(=O)F)cc1)N(CC)c1ccccc1. The summed E-state index contributed by atoms with van der Waals surface area (Å²) in [5.74, 6) is 0.